The van der Waals surface area contributed by atoms with E-state index in [9.17, 15) is 14.0 Å². The van der Waals surface area contributed by atoms with Crippen LogP contribution in [-0.4, -0.2) is 53.7 Å². The molecular weight excluding hydrogens is 421 g/mol. The van der Waals surface area contributed by atoms with Gasteiger partial charge in [0.15, 0.2) is 0 Å². The Balaban J connectivity index is 1.55. The lowest BCUT2D eigenvalue weighted by atomic mass is 9.95. The summed E-state index contributed by atoms with van der Waals surface area (Å²) in [5, 5.41) is 6.27. The van der Waals surface area contributed by atoms with Crippen LogP contribution in [-0.2, 0) is 14.3 Å². The number of nitrogens with zero attached hydrogens (tertiary/aromatic N) is 3. The summed E-state index contributed by atoms with van der Waals surface area (Å²) in [7, 11) is 0. The average molecular weight is 452 g/mol. The Bertz CT molecular complexity index is 1040. The van der Waals surface area contributed by atoms with E-state index in [-0.39, 0.29) is 36.2 Å². The van der Waals surface area contributed by atoms with Crippen molar-refractivity contribution in [2.24, 2.45) is 11.0 Å². The van der Waals surface area contributed by atoms with Crippen molar-refractivity contribution in [2.75, 3.05) is 26.2 Å². The number of carbonyl (C=O) groups is 2. The molecule has 0 aromatic heterocycles. The molecule has 2 aromatic rings. The lowest BCUT2D eigenvalue weighted by Crippen LogP contribution is -2.44. The average Bonchev–Trinajstić information content (AvgIpc) is 3.25. The quantitative estimate of drug-likeness (QED) is 0.621. The fourth-order valence-electron chi connectivity index (χ4n) is 4.68. The minimum atomic E-state index is -0.304. The lowest BCUT2D eigenvalue weighted by Gasteiger charge is -2.32. The van der Waals surface area contributed by atoms with Crippen molar-refractivity contribution in [3.63, 3.8) is 0 Å². The van der Waals surface area contributed by atoms with Gasteiger partial charge in [-0.3, -0.25) is 14.5 Å². The van der Waals surface area contributed by atoms with E-state index in [2.05, 4.69) is 0 Å². The molecule has 0 spiro atoms. The molecule has 4 rings (SSSR count). The summed E-state index contributed by atoms with van der Waals surface area (Å²) in [5.41, 5.74) is 3.72. The first-order valence-electron chi connectivity index (χ1n) is 11.6. The van der Waals surface area contributed by atoms with Crippen LogP contribution in [0, 0.1) is 18.7 Å². The monoisotopic (exact) mass is 451 g/mol. The van der Waals surface area contributed by atoms with Crippen LogP contribution in [0.4, 0.5) is 4.39 Å². The van der Waals surface area contributed by atoms with Gasteiger partial charge < -0.3 is 4.74 Å². The highest BCUT2D eigenvalue weighted by Crippen LogP contribution is 2.34. The number of hydrazone groups is 1. The first kappa shape index (κ1) is 23.1. The molecule has 2 atom stereocenters. The molecule has 0 unspecified atom stereocenters. The Labute approximate surface area is 194 Å². The minimum absolute atomic E-state index is 0.107. The second-order valence-corrected chi connectivity index (χ2v) is 8.69. The van der Waals surface area contributed by atoms with Crippen LogP contribution in [0.1, 0.15) is 48.9 Å². The molecule has 1 saturated heterocycles. The molecule has 2 aliphatic heterocycles. The SMILES string of the molecule is CCOC(=O)[C@H]1CCCN(CC(=O)N2N=C(c3ccc(F)cc3)C[C@H]2c2ccccc2C)C1. The van der Waals surface area contributed by atoms with Gasteiger partial charge in [0.2, 0.25) is 0 Å². The van der Waals surface area contributed by atoms with Crippen LogP contribution in [0.15, 0.2) is 53.6 Å². The number of carbonyl (C=O) groups excluding carboxylic acids is 2. The molecule has 0 radical (unpaired) electrons. The highest BCUT2D eigenvalue weighted by Gasteiger charge is 2.35. The molecule has 2 aliphatic rings. The number of amides is 1. The standard InChI is InChI=1S/C26H30FN3O3/c1-3-33-26(32)20-8-6-14-29(16-20)17-25(31)30-24(22-9-5-4-7-18(22)2)15-23(28-30)19-10-12-21(27)13-11-19/h4-5,7,9-13,20,24H,3,6,8,14-17H2,1-2H3/t20-,24-/m0/s1. The fourth-order valence-corrected chi connectivity index (χ4v) is 4.68. The van der Waals surface area contributed by atoms with Crippen molar-refractivity contribution >= 4 is 17.6 Å². The number of hydrogen-bond acceptors (Lipinski definition) is 5. The third kappa shape index (κ3) is 5.30. The van der Waals surface area contributed by atoms with Crippen molar-refractivity contribution in [2.45, 2.75) is 39.2 Å². The van der Waals surface area contributed by atoms with Gasteiger partial charge in [-0.15, -0.1) is 0 Å². The van der Waals surface area contributed by atoms with Gasteiger partial charge >= 0.3 is 5.97 Å². The maximum absolute atomic E-state index is 13.4. The van der Waals surface area contributed by atoms with Gasteiger partial charge in [-0.05, 0) is 62.1 Å². The zero-order valence-corrected chi connectivity index (χ0v) is 19.2. The molecule has 0 saturated carbocycles. The van der Waals surface area contributed by atoms with E-state index in [1.54, 1.807) is 24.1 Å². The van der Waals surface area contributed by atoms with E-state index in [1.165, 1.54) is 12.1 Å². The van der Waals surface area contributed by atoms with Crippen LogP contribution in [0.2, 0.25) is 0 Å². The number of rotatable bonds is 6. The molecule has 2 heterocycles. The number of likely N-dealkylation sites (tertiary alicyclic amines) is 1. The molecule has 1 fully saturated rings. The maximum atomic E-state index is 13.4. The number of aryl methyl sites for hydroxylation is 1. The lowest BCUT2D eigenvalue weighted by molar-refractivity contribution is -0.150. The van der Waals surface area contributed by atoms with Crippen LogP contribution < -0.4 is 0 Å². The first-order valence-corrected chi connectivity index (χ1v) is 11.6. The Hall–Kier alpha value is -3.06. The zero-order valence-electron chi connectivity index (χ0n) is 19.2. The van der Waals surface area contributed by atoms with Gasteiger partial charge in [0.05, 0.1) is 30.8 Å². The zero-order chi connectivity index (χ0) is 23.4. The van der Waals surface area contributed by atoms with Crippen molar-refractivity contribution < 1.29 is 18.7 Å². The predicted octanol–water partition coefficient (Wildman–Crippen LogP) is 4.09. The molecular formula is C26H30FN3O3. The van der Waals surface area contributed by atoms with Crippen molar-refractivity contribution in [3.05, 3.63) is 71.0 Å². The Morgan fingerprint density at radius 2 is 1.91 bits per heavy atom. The number of hydrogen-bond donors (Lipinski definition) is 0. The molecule has 2 aromatic carbocycles. The number of ether oxygens (including phenoxy) is 1. The second-order valence-electron chi connectivity index (χ2n) is 8.69. The smallest absolute Gasteiger partial charge is 0.310 e. The summed E-state index contributed by atoms with van der Waals surface area (Å²) in [4.78, 5) is 27.7. The van der Waals surface area contributed by atoms with Gasteiger partial charge in [-0.25, -0.2) is 9.40 Å². The molecule has 0 bridgehead atoms. The van der Waals surface area contributed by atoms with Gasteiger partial charge in [0.25, 0.3) is 5.91 Å². The third-order valence-corrected chi connectivity index (χ3v) is 6.38. The molecule has 7 heteroatoms. The summed E-state index contributed by atoms with van der Waals surface area (Å²) in [6.07, 6.45) is 2.20. The van der Waals surface area contributed by atoms with Crippen molar-refractivity contribution in [1.82, 2.24) is 9.91 Å². The Kier molecular flexibility index (Phi) is 7.18. The van der Waals surface area contributed by atoms with E-state index in [4.69, 9.17) is 9.84 Å². The summed E-state index contributed by atoms with van der Waals surface area (Å²) < 4.78 is 18.6. The van der Waals surface area contributed by atoms with Gasteiger partial charge in [-0.1, -0.05) is 36.4 Å². The summed E-state index contributed by atoms with van der Waals surface area (Å²) in [5.74, 6) is -0.799. The topological polar surface area (TPSA) is 62.2 Å². The maximum Gasteiger partial charge on any atom is 0.310 e. The highest BCUT2D eigenvalue weighted by atomic mass is 19.1. The Morgan fingerprint density at radius 1 is 1.15 bits per heavy atom. The van der Waals surface area contributed by atoms with E-state index >= 15 is 0 Å². The van der Waals surface area contributed by atoms with Crippen LogP contribution in [0.25, 0.3) is 0 Å². The predicted molar refractivity (Wildman–Crippen MR) is 124 cm³/mol. The van der Waals surface area contributed by atoms with E-state index in [0.717, 1.165) is 41.8 Å². The molecule has 174 valence electrons. The summed E-state index contributed by atoms with van der Waals surface area (Å²) in [6, 6.07) is 14.0. The molecule has 1 amide bonds. The summed E-state index contributed by atoms with van der Waals surface area (Å²) >= 11 is 0. The van der Waals surface area contributed by atoms with Crippen molar-refractivity contribution in [1.29, 1.82) is 0 Å². The number of benzene rings is 2. The fraction of sp³-hybridized carbons (Fsp3) is 0.423. The third-order valence-electron chi connectivity index (χ3n) is 6.38. The van der Waals surface area contributed by atoms with E-state index in [1.807, 2.05) is 36.1 Å². The van der Waals surface area contributed by atoms with Crippen molar-refractivity contribution in [3.8, 4) is 0 Å². The number of piperidine rings is 1. The molecule has 0 aliphatic carbocycles. The molecule has 6 nitrogen and oxygen atoms in total. The highest BCUT2D eigenvalue weighted by molar-refractivity contribution is 6.03. The Morgan fingerprint density at radius 3 is 2.64 bits per heavy atom. The summed E-state index contributed by atoms with van der Waals surface area (Å²) in [6.45, 7) is 5.67. The van der Waals surface area contributed by atoms with E-state index < -0.39 is 0 Å². The largest absolute Gasteiger partial charge is 0.466 e. The normalized spacial score (nSPS) is 21.1. The van der Waals surface area contributed by atoms with E-state index in [0.29, 0.717) is 19.6 Å². The van der Waals surface area contributed by atoms with Crippen LogP contribution >= 0.6 is 0 Å². The van der Waals surface area contributed by atoms with Gasteiger partial charge in [0, 0.05) is 13.0 Å². The molecule has 0 N–H and O–H groups in total. The number of esters is 1. The minimum Gasteiger partial charge on any atom is -0.466 e. The van der Waals surface area contributed by atoms with Gasteiger partial charge in [-0.2, -0.15) is 5.10 Å². The van der Waals surface area contributed by atoms with Gasteiger partial charge in [0.1, 0.15) is 5.82 Å². The van der Waals surface area contributed by atoms with Crippen LogP contribution in [0.5, 0.6) is 0 Å². The second kappa shape index (κ2) is 10.3. The number of halogens is 1. The van der Waals surface area contributed by atoms with Crippen LogP contribution in [0.3, 0.4) is 0 Å². The first-order chi connectivity index (χ1) is 16.0. The molecule has 33 heavy (non-hydrogen) atoms.